The maximum absolute atomic E-state index is 11.0. The van der Waals surface area contributed by atoms with Crippen LogP contribution in [0.25, 0.3) is 5.52 Å². The van der Waals surface area contributed by atoms with Gasteiger partial charge in [-0.2, -0.15) is 5.10 Å². The quantitative estimate of drug-likeness (QED) is 0.756. The number of hydrogen-bond acceptors (Lipinski definition) is 4. The highest BCUT2D eigenvalue weighted by Gasteiger charge is 2.17. The van der Waals surface area contributed by atoms with E-state index in [0.717, 1.165) is 5.52 Å². The first-order valence-corrected chi connectivity index (χ1v) is 5.11. The van der Waals surface area contributed by atoms with Crippen molar-refractivity contribution >= 4 is 17.3 Å². The minimum atomic E-state index is -0.937. The molecule has 0 fully saturated rings. The summed E-state index contributed by atoms with van der Waals surface area (Å²) in [6.07, 6.45) is 6.78. The van der Waals surface area contributed by atoms with Crippen LogP contribution in [0.5, 0.6) is 0 Å². The van der Waals surface area contributed by atoms with E-state index in [1.165, 1.54) is 0 Å². The number of hydrogen-bond donors (Lipinski definition) is 2. The summed E-state index contributed by atoms with van der Waals surface area (Å²) in [5.41, 5.74) is 0.739. The Morgan fingerprint density at radius 1 is 1.65 bits per heavy atom. The number of carboxylic acids is 1. The molecule has 0 aromatic carbocycles. The molecule has 88 valence electrons. The number of aromatic nitrogens is 3. The number of carbonyl (C=O) groups is 1. The van der Waals surface area contributed by atoms with Gasteiger partial charge in [0.2, 0.25) is 0 Å². The molecule has 0 aliphatic rings. The van der Waals surface area contributed by atoms with E-state index in [9.17, 15) is 4.79 Å². The molecule has 2 heterocycles. The Kier molecular flexibility index (Phi) is 3.04. The van der Waals surface area contributed by atoms with Gasteiger partial charge in [0.1, 0.15) is 11.6 Å². The summed E-state index contributed by atoms with van der Waals surface area (Å²) in [6.45, 7) is 3.54. The van der Waals surface area contributed by atoms with E-state index in [1.54, 1.807) is 35.2 Å². The highest BCUT2D eigenvalue weighted by Crippen LogP contribution is 2.14. The van der Waals surface area contributed by atoms with Crippen LogP contribution in [0.3, 0.4) is 0 Å². The second-order valence-corrected chi connectivity index (χ2v) is 3.50. The Hall–Kier alpha value is -2.37. The number of carboxylic acid groups (broad SMARTS) is 1. The Morgan fingerprint density at radius 2 is 2.47 bits per heavy atom. The molecule has 2 N–H and O–H groups in total. The van der Waals surface area contributed by atoms with Crippen molar-refractivity contribution in [1.82, 2.24) is 14.6 Å². The van der Waals surface area contributed by atoms with Gasteiger partial charge in [0.25, 0.3) is 0 Å². The lowest BCUT2D eigenvalue weighted by atomic mass is 10.2. The van der Waals surface area contributed by atoms with Crippen LogP contribution in [-0.2, 0) is 4.79 Å². The van der Waals surface area contributed by atoms with E-state index in [-0.39, 0.29) is 0 Å². The Labute approximate surface area is 97.6 Å². The number of rotatable bonds is 5. The third kappa shape index (κ3) is 2.25. The van der Waals surface area contributed by atoms with E-state index >= 15 is 0 Å². The molecule has 0 saturated carbocycles. The van der Waals surface area contributed by atoms with Gasteiger partial charge in [-0.1, -0.05) is 6.08 Å². The van der Waals surface area contributed by atoms with Crippen molar-refractivity contribution in [2.24, 2.45) is 0 Å². The van der Waals surface area contributed by atoms with Crippen molar-refractivity contribution in [3.8, 4) is 0 Å². The Morgan fingerprint density at radius 3 is 3.18 bits per heavy atom. The second-order valence-electron chi connectivity index (χ2n) is 3.50. The van der Waals surface area contributed by atoms with Gasteiger partial charge in [-0.3, -0.25) is 0 Å². The van der Waals surface area contributed by atoms with E-state index in [1.807, 2.05) is 0 Å². The summed E-state index contributed by atoms with van der Waals surface area (Å²) in [5.74, 6) is -0.438. The number of nitrogens with one attached hydrogen (secondary N) is 1. The lowest BCUT2D eigenvalue weighted by Crippen LogP contribution is -2.29. The maximum atomic E-state index is 11.0. The molecular weight excluding hydrogens is 220 g/mol. The zero-order chi connectivity index (χ0) is 12.3. The summed E-state index contributed by atoms with van der Waals surface area (Å²) in [7, 11) is 0. The van der Waals surface area contributed by atoms with Crippen LogP contribution >= 0.6 is 0 Å². The highest BCUT2D eigenvalue weighted by atomic mass is 16.4. The zero-order valence-electron chi connectivity index (χ0n) is 9.08. The number of fused-ring (bicyclic) bond motifs is 1. The van der Waals surface area contributed by atoms with Crippen LogP contribution in [-0.4, -0.2) is 31.7 Å². The fraction of sp³-hybridized carbons (Fsp3) is 0.182. The van der Waals surface area contributed by atoms with Gasteiger partial charge in [0, 0.05) is 12.4 Å². The Balaban J connectivity index is 2.30. The fourth-order valence-electron chi connectivity index (χ4n) is 1.52. The lowest BCUT2D eigenvalue weighted by Gasteiger charge is -2.13. The van der Waals surface area contributed by atoms with Crippen LogP contribution in [0.1, 0.15) is 6.42 Å². The van der Waals surface area contributed by atoms with Crippen molar-refractivity contribution in [2.75, 3.05) is 5.32 Å². The fourth-order valence-corrected chi connectivity index (χ4v) is 1.52. The zero-order valence-corrected chi connectivity index (χ0v) is 9.08. The maximum Gasteiger partial charge on any atom is 0.326 e. The van der Waals surface area contributed by atoms with Gasteiger partial charge in [0.15, 0.2) is 5.82 Å². The van der Waals surface area contributed by atoms with Gasteiger partial charge >= 0.3 is 5.97 Å². The van der Waals surface area contributed by atoms with Gasteiger partial charge in [-0.25, -0.2) is 14.3 Å². The average molecular weight is 232 g/mol. The monoisotopic (exact) mass is 232 g/mol. The lowest BCUT2D eigenvalue weighted by molar-refractivity contribution is -0.137. The third-order valence-electron chi connectivity index (χ3n) is 2.34. The molecule has 1 atom stereocenters. The molecule has 17 heavy (non-hydrogen) atoms. The van der Waals surface area contributed by atoms with Crippen molar-refractivity contribution in [3.63, 3.8) is 0 Å². The first-order chi connectivity index (χ1) is 8.22. The third-order valence-corrected chi connectivity index (χ3v) is 2.34. The molecule has 0 saturated heterocycles. The molecule has 0 amide bonds. The molecule has 0 spiro atoms. The smallest absolute Gasteiger partial charge is 0.326 e. The van der Waals surface area contributed by atoms with Crippen LogP contribution in [0.2, 0.25) is 0 Å². The summed E-state index contributed by atoms with van der Waals surface area (Å²) in [5, 5.41) is 15.9. The van der Waals surface area contributed by atoms with Crippen LogP contribution < -0.4 is 5.32 Å². The van der Waals surface area contributed by atoms with E-state index in [2.05, 4.69) is 22.0 Å². The summed E-state index contributed by atoms with van der Waals surface area (Å²) >= 11 is 0. The molecule has 2 aromatic rings. The van der Waals surface area contributed by atoms with Gasteiger partial charge in [0.05, 0.1) is 6.20 Å². The van der Waals surface area contributed by atoms with E-state index in [4.69, 9.17) is 5.11 Å². The number of nitrogens with zero attached hydrogens (tertiary/aromatic N) is 3. The predicted octanol–water partition coefficient (Wildman–Crippen LogP) is 1.17. The van der Waals surface area contributed by atoms with Gasteiger partial charge < -0.3 is 10.4 Å². The first-order valence-electron chi connectivity index (χ1n) is 5.11. The Bertz CT molecular complexity index is 549. The summed E-state index contributed by atoms with van der Waals surface area (Å²) in [6, 6.07) is 1.03. The van der Waals surface area contributed by atoms with Crippen molar-refractivity contribution in [2.45, 2.75) is 12.5 Å². The number of anilines is 1. The van der Waals surface area contributed by atoms with Crippen LogP contribution in [0.4, 0.5) is 5.82 Å². The summed E-state index contributed by atoms with van der Waals surface area (Å²) < 4.78 is 1.63. The van der Waals surface area contributed by atoms with Crippen LogP contribution in [0, 0.1) is 0 Å². The van der Waals surface area contributed by atoms with E-state index in [0.29, 0.717) is 12.2 Å². The molecule has 0 bridgehead atoms. The average Bonchev–Trinajstić information content (AvgIpc) is 2.77. The molecule has 1 unspecified atom stereocenters. The first kappa shape index (κ1) is 11.1. The largest absolute Gasteiger partial charge is 0.480 e. The molecule has 2 aromatic heterocycles. The highest BCUT2D eigenvalue weighted by molar-refractivity contribution is 5.79. The minimum absolute atomic E-state index is 0.326. The summed E-state index contributed by atoms with van der Waals surface area (Å²) in [4.78, 5) is 15.1. The minimum Gasteiger partial charge on any atom is -0.480 e. The number of aliphatic carboxylic acids is 1. The van der Waals surface area contributed by atoms with Gasteiger partial charge in [-0.15, -0.1) is 6.58 Å². The molecular formula is C11H12N4O2. The predicted molar refractivity (Wildman–Crippen MR) is 62.8 cm³/mol. The molecule has 0 aliphatic carbocycles. The standard InChI is InChI=1S/C11H12N4O2/c1-2-3-8(11(16)17)14-10-9-4-5-13-15(9)7-6-12-10/h2,4-8H,1,3H2,(H,12,14)(H,16,17). The van der Waals surface area contributed by atoms with E-state index < -0.39 is 12.0 Å². The van der Waals surface area contributed by atoms with Crippen molar-refractivity contribution < 1.29 is 9.90 Å². The molecule has 6 nitrogen and oxygen atoms in total. The molecule has 0 aliphatic heterocycles. The normalized spacial score (nSPS) is 12.2. The molecule has 2 rings (SSSR count). The second kappa shape index (κ2) is 4.65. The molecule has 0 radical (unpaired) electrons. The topological polar surface area (TPSA) is 79.5 Å². The van der Waals surface area contributed by atoms with Crippen molar-refractivity contribution in [3.05, 3.63) is 37.3 Å². The van der Waals surface area contributed by atoms with Crippen LogP contribution in [0.15, 0.2) is 37.3 Å². The van der Waals surface area contributed by atoms with Gasteiger partial charge in [-0.05, 0) is 12.5 Å². The van der Waals surface area contributed by atoms with Crippen molar-refractivity contribution in [1.29, 1.82) is 0 Å². The molecule has 6 heteroatoms. The SMILES string of the molecule is C=CCC(Nc1nccn2nccc12)C(=O)O.